The molecule has 23 heavy (non-hydrogen) atoms. The summed E-state index contributed by atoms with van der Waals surface area (Å²) in [6.45, 7) is 6.78. The number of nitro benzene ring substituents is 1. The van der Waals surface area contributed by atoms with Crippen LogP contribution in [0.25, 0.3) is 0 Å². The molecule has 0 aliphatic rings. The molecule has 2 N–H and O–H groups in total. The van der Waals surface area contributed by atoms with E-state index in [9.17, 15) is 10.1 Å². The van der Waals surface area contributed by atoms with Crippen molar-refractivity contribution in [2.75, 3.05) is 19.8 Å². The molecule has 0 saturated heterocycles. The number of hydrazone groups is 1. The van der Waals surface area contributed by atoms with E-state index in [1.807, 2.05) is 6.92 Å². The van der Waals surface area contributed by atoms with E-state index in [2.05, 4.69) is 15.8 Å². The summed E-state index contributed by atoms with van der Waals surface area (Å²) in [5.41, 5.74) is 2.94. The SMILES string of the molecule is CCNC(=S)N/N=C/c1cc(OCC)c(OCC)c([N+](=O)[O-])c1. The fraction of sp³-hybridized carbons (Fsp3) is 0.429. The van der Waals surface area contributed by atoms with Crippen molar-refractivity contribution in [3.05, 3.63) is 27.8 Å². The van der Waals surface area contributed by atoms with Gasteiger partial charge in [0.25, 0.3) is 0 Å². The molecular weight excluding hydrogens is 320 g/mol. The lowest BCUT2D eigenvalue weighted by Gasteiger charge is -2.11. The summed E-state index contributed by atoms with van der Waals surface area (Å²) in [4.78, 5) is 10.7. The number of nitrogens with zero attached hydrogens (tertiary/aromatic N) is 2. The van der Waals surface area contributed by atoms with Gasteiger partial charge in [-0.05, 0) is 39.1 Å². The first-order valence-electron chi connectivity index (χ1n) is 7.18. The molecule has 8 nitrogen and oxygen atoms in total. The summed E-state index contributed by atoms with van der Waals surface area (Å²) in [6.07, 6.45) is 1.43. The molecule has 0 aromatic heterocycles. The first-order valence-corrected chi connectivity index (χ1v) is 7.59. The van der Waals surface area contributed by atoms with Crippen molar-refractivity contribution in [2.24, 2.45) is 5.10 Å². The Bertz CT molecular complexity index is 592. The fourth-order valence-corrected chi connectivity index (χ4v) is 1.93. The second kappa shape index (κ2) is 9.57. The topological polar surface area (TPSA) is 98.0 Å². The van der Waals surface area contributed by atoms with Gasteiger partial charge in [0, 0.05) is 18.2 Å². The van der Waals surface area contributed by atoms with E-state index >= 15 is 0 Å². The van der Waals surface area contributed by atoms with E-state index in [0.717, 1.165) is 0 Å². The molecule has 1 aromatic rings. The molecular formula is C14H20N4O4S. The first-order chi connectivity index (χ1) is 11.0. The van der Waals surface area contributed by atoms with Crippen molar-refractivity contribution in [1.82, 2.24) is 10.7 Å². The third kappa shape index (κ3) is 5.70. The van der Waals surface area contributed by atoms with E-state index in [-0.39, 0.29) is 11.4 Å². The molecule has 1 aromatic carbocycles. The van der Waals surface area contributed by atoms with Gasteiger partial charge in [0.05, 0.1) is 24.4 Å². The third-order valence-electron chi connectivity index (χ3n) is 2.56. The third-order valence-corrected chi connectivity index (χ3v) is 2.80. The Morgan fingerprint density at radius 2 is 2.04 bits per heavy atom. The lowest BCUT2D eigenvalue weighted by molar-refractivity contribution is -0.385. The average molecular weight is 340 g/mol. The maximum atomic E-state index is 11.3. The monoisotopic (exact) mass is 340 g/mol. The number of hydrogen-bond acceptors (Lipinski definition) is 6. The van der Waals surface area contributed by atoms with Crippen molar-refractivity contribution in [1.29, 1.82) is 0 Å². The normalized spacial score (nSPS) is 10.4. The van der Waals surface area contributed by atoms with Crippen LogP contribution in [0.5, 0.6) is 11.5 Å². The molecule has 0 atom stereocenters. The van der Waals surface area contributed by atoms with Gasteiger partial charge in [-0.1, -0.05) is 0 Å². The van der Waals surface area contributed by atoms with Crippen LogP contribution in [-0.4, -0.2) is 36.0 Å². The van der Waals surface area contributed by atoms with E-state index in [1.54, 1.807) is 19.9 Å². The van der Waals surface area contributed by atoms with Crippen LogP contribution >= 0.6 is 12.2 Å². The van der Waals surface area contributed by atoms with Crippen molar-refractivity contribution in [3.8, 4) is 11.5 Å². The first kappa shape index (κ1) is 18.6. The van der Waals surface area contributed by atoms with E-state index in [0.29, 0.717) is 36.2 Å². The molecule has 0 saturated carbocycles. The summed E-state index contributed by atoms with van der Waals surface area (Å²) in [6, 6.07) is 3.00. The van der Waals surface area contributed by atoms with Crippen LogP contribution in [0.4, 0.5) is 5.69 Å². The Balaban J connectivity index is 3.11. The van der Waals surface area contributed by atoms with E-state index < -0.39 is 4.92 Å². The number of rotatable bonds is 8. The number of nitrogens with one attached hydrogen (secondary N) is 2. The van der Waals surface area contributed by atoms with Gasteiger partial charge >= 0.3 is 5.69 Å². The van der Waals surface area contributed by atoms with E-state index in [4.69, 9.17) is 21.7 Å². The van der Waals surface area contributed by atoms with Crippen LogP contribution in [0.1, 0.15) is 26.3 Å². The summed E-state index contributed by atoms with van der Waals surface area (Å²) < 4.78 is 10.8. The summed E-state index contributed by atoms with van der Waals surface area (Å²) in [5, 5.41) is 18.4. The molecule has 9 heteroatoms. The Morgan fingerprint density at radius 1 is 1.35 bits per heavy atom. The lowest BCUT2D eigenvalue weighted by Crippen LogP contribution is -2.31. The van der Waals surface area contributed by atoms with Gasteiger partial charge in [0.2, 0.25) is 5.75 Å². The van der Waals surface area contributed by atoms with Crippen molar-refractivity contribution >= 4 is 29.2 Å². The summed E-state index contributed by atoms with van der Waals surface area (Å²) in [5.74, 6) is 0.423. The number of hydrogen-bond donors (Lipinski definition) is 2. The van der Waals surface area contributed by atoms with Gasteiger partial charge < -0.3 is 14.8 Å². The van der Waals surface area contributed by atoms with Gasteiger partial charge in [-0.2, -0.15) is 5.10 Å². The minimum atomic E-state index is -0.512. The summed E-state index contributed by atoms with van der Waals surface area (Å²) >= 11 is 4.97. The highest BCUT2D eigenvalue weighted by Crippen LogP contribution is 2.38. The molecule has 0 spiro atoms. The van der Waals surface area contributed by atoms with Gasteiger partial charge in [-0.15, -0.1) is 0 Å². The largest absolute Gasteiger partial charge is 0.490 e. The van der Waals surface area contributed by atoms with Crippen LogP contribution in [-0.2, 0) is 0 Å². The molecule has 0 fully saturated rings. The molecule has 1 rings (SSSR count). The van der Waals surface area contributed by atoms with Gasteiger partial charge in [0.15, 0.2) is 10.9 Å². The van der Waals surface area contributed by atoms with Crippen molar-refractivity contribution in [3.63, 3.8) is 0 Å². The molecule has 0 radical (unpaired) electrons. The highest BCUT2D eigenvalue weighted by molar-refractivity contribution is 7.80. The predicted octanol–water partition coefficient (Wildman–Crippen LogP) is 2.21. The van der Waals surface area contributed by atoms with Gasteiger partial charge in [-0.3, -0.25) is 15.5 Å². The maximum Gasteiger partial charge on any atom is 0.315 e. The number of nitro groups is 1. The van der Waals surface area contributed by atoms with Crippen LogP contribution in [0, 0.1) is 10.1 Å². The van der Waals surface area contributed by atoms with Gasteiger partial charge in [0.1, 0.15) is 0 Å². The molecule has 0 amide bonds. The Hall–Kier alpha value is -2.42. The number of thiocarbonyl (C=S) groups is 1. The predicted molar refractivity (Wildman–Crippen MR) is 92.4 cm³/mol. The fourth-order valence-electron chi connectivity index (χ4n) is 1.74. The van der Waals surface area contributed by atoms with E-state index in [1.165, 1.54) is 12.3 Å². The zero-order valence-corrected chi connectivity index (χ0v) is 14.1. The van der Waals surface area contributed by atoms with Crippen LogP contribution in [0.2, 0.25) is 0 Å². The quantitative estimate of drug-likeness (QED) is 0.324. The minimum absolute atomic E-state index is 0.118. The van der Waals surface area contributed by atoms with Crippen molar-refractivity contribution in [2.45, 2.75) is 20.8 Å². The smallest absolute Gasteiger partial charge is 0.315 e. The molecule has 0 aliphatic heterocycles. The van der Waals surface area contributed by atoms with Crippen LogP contribution in [0.15, 0.2) is 17.2 Å². The van der Waals surface area contributed by atoms with Crippen LogP contribution < -0.4 is 20.2 Å². The average Bonchev–Trinajstić information content (AvgIpc) is 2.50. The minimum Gasteiger partial charge on any atom is -0.490 e. The zero-order valence-electron chi connectivity index (χ0n) is 13.3. The molecule has 0 heterocycles. The Morgan fingerprint density at radius 3 is 2.61 bits per heavy atom. The molecule has 0 aliphatic carbocycles. The van der Waals surface area contributed by atoms with Gasteiger partial charge in [-0.25, -0.2) is 0 Å². The lowest BCUT2D eigenvalue weighted by atomic mass is 10.2. The second-order valence-corrected chi connectivity index (χ2v) is 4.63. The highest BCUT2D eigenvalue weighted by atomic mass is 32.1. The Labute approximate surface area is 140 Å². The van der Waals surface area contributed by atoms with Crippen LogP contribution in [0.3, 0.4) is 0 Å². The zero-order chi connectivity index (χ0) is 17.2. The standard InChI is InChI=1S/C14H20N4O4S/c1-4-15-14(23)17-16-9-10-7-11(18(19)20)13(22-6-3)12(8-10)21-5-2/h7-9H,4-6H2,1-3H3,(H2,15,17,23)/b16-9+. The maximum absolute atomic E-state index is 11.3. The second-order valence-electron chi connectivity index (χ2n) is 4.22. The summed E-state index contributed by atoms with van der Waals surface area (Å²) in [7, 11) is 0. The van der Waals surface area contributed by atoms with Crippen molar-refractivity contribution < 1.29 is 14.4 Å². The molecule has 126 valence electrons. The Kier molecular flexibility index (Phi) is 7.75. The number of ether oxygens (including phenoxy) is 2. The molecule has 0 bridgehead atoms. The molecule has 0 unspecified atom stereocenters. The number of benzene rings is 1. The highest BCUT2D eigenvalue weighted by Gasteiger charge is 2.22.